The summed E-state index contributed by atoms with van der Waals surface area (Å²) in [5.74, 6) is -0.0437. The van der Waals surface area contributed by atoms with E-state index in [-0.39, 0.29) is 5.91 Å². The summed E-state index contributed by atoms with van der Waals surface area (Å²) in [6, 6.07) is 9.42. The summed E-state index contributed by atoms with van der Waals surface area (Å²) in [6.07, 6.45) is 2.50. The van der Waals surface area contributed by atoms with Crippen molar-refractivity contribution in [1.29, 1.82) is 0 Å². The first-order chi connectivity index (χ1) is 11.7. The molecule has 0 aliphatic rings. The maximum absolute atomic E-state index is 12.6. The molecule has 0 spiro atoms. The van der Waals surface area contributed by atoms with Gasteiger partial charge in [0.2, 0.25) is 0 Å². The van der Waals surface area contributed by atoms with Gasteiger partial charge >= 0.3 is 0 Å². The number of aromatic nitrogens is 4. The van der Waals surface area contributed by atoms with Gasteiger partial charge in [0, 0.05) is 31.0 Å². The smallest absolute Gasteiger partial charge is 0.272 e. The molecule has 0 fully saturated rings. The molecule has 0 aliphatic heterocycles. The molecular formula is C18H21N5O. The van der Waals surface area contributed by atoms with Crippen molar-refractivity contribution in [1.82, 2.24) is 24.5 Å². The number of carbonyl (C=O) groups excluding carboxylic acids is 1. The summed E-state index contributed by atoms with van der Waals surface area (Å²) in [4.78, 5) is 23.3. The molecule has 0 bridgehead atoms. The van der Waals surface area contributed by atoms with Gasteiger partial charge in [-0.3, -0.25) is 9.78 Å². The summed E-state index contributed by atoms with van der Waals surface area (Å²) in [5.41, 5.74) is 3.64. The molecule has 3 aromatic heterocycles. The summed E-state index contributed by atoms with van der Waals surface area (Å²) >= 11 is 0. The Kier molecular flexibility index (Phi) is 4.55. The lowest BCUT2D eigenvalue weighted by Gasteiger charge is -2.18. The molecule has 0 unspecified atom stereocenters. The number of rotatable bonds is 5. The van der Waals surface area contributed by atoms with Gasteiger partial charge in [0.05, 0.1) is 5.69 Å². The topological polar surface area (TPSA) is 63.4 Å². The first-order valence-corrected chi connectivity index (χ1v) is 8.28. The van der Waals surface area contributed by atoms with Crippen molar-refractivity contribution in [3.8, 4) is 11.4 Å². The van der Waals surface area contributed by atoms with E-state index in [0.717, 1.165) is 23.5 Å². The van der Waals surface area contributed by atoms with Gasteiger partial charge in [0.25, 0.3) is 5.91 Å². The van der Waals surface area contributed by atoms with Crippen LogP contribution in [0.25, 0.3) is 17.0 Å². The van der Waals surface area contributed by atoms with Crippen LogP contribution in [-0.4, -0.2) is 43.5 Å². The second-order valence-corrected chi connectivity index (χ2v) is 5.48. The summed E-state index contributed by atoms with van der Waals surface area (Å²) in [6.45, 7) is 7.32. The highest BCUT2D eigenvalue weighted by molar-refractivity contribution is 5.93. The van der Waals surface area contributed by atoms with E-state index in [0.29, 0.717) is 24.4 Å². The maximum atomic E-state index is 12.6. The molecule has 3 aromatic rings. The Morgan fingerprint density at radius 2 is 1.92 bits per heavy atom. The molecule has 24 heavy (non-hydrogen) atoms. The van der Waals surface area contributed by atoms with Gasteiger partial charge in [-0.05, 0) is 38.5 Å². The molecule has 6 heteroatoms. The van der Waals surface area contributed by atoms with Crippen LogP contribution in [0.5, 0.6) is 0 Å². The number of amides is 1. The standard InChI is InChI=1S/C18H21N5O/c1-4-13-11-16(18(24)22(5-2)6-3)20-17-12-15(21-23(13)17)14-9-7-8-10-19-14/h7-12H,4-6H2,1-3H3. The van der Waals surface area contributed by atoms with E-state index in [1.807, 2.05) is 51.1 Å². The average Bonchev–Trinajstić information content (AvgIpc) is 3.06. The van der Waals surface area contributed by atoms with Crippen LogP contribution in [0, 0.1) is 0 Å². The Balaban J connectivity index is 2.10. The van der Waals surface area contributed by atoms with Gasteiger partial charge in [0.1, 0.15) is 11.4 Å². The van der Waals surface area contributed by atoms with Crippen molar-refractivity contribution in [3.63, 3.8) is 0 Å². The Bertz CT molecular complexity index is 852. The second-order valence-electron chi connectivity index (χ2n) is 5.48. The van der Waals surface area contributed by atoms with Crippen LogP contribution >= 0.6 is 0 Å². The molecule has 0 aliphatic carbocycles. The van der Waals surface area contributed by atoms with Crippen LogP contribution in [-0.2, 0) is 6.42 Å². The number of aryl methyl sites for hydroxylation is 1. The third-order valence-corrected chi connectivity index (χ3v) is 4.06. The Morgan fingerprint density at radius 1 is 1.12 bits per heavy atom. The predicted molar refractivity (Wildman–Crippen MR) is 92.8 cm³/mol. The fourth-order valence-corrected chi connectivity index (χ4v) is 2.71. The van der Waals surface area contributed by atoms with Gasteiger partial charge in [-0.1, -0.05) is 13.0 Å². The molecule has 0 radical (unpaired) electrons. The van der Waals surface area contributed by atoms with Crippen LogP contribution in [0.2, 0.25) is 0 Å². The zero-order valence-corrected chi connectivity index (χ0v) is 14.2. The predicted octanol–water partition coefficient (Wildman–Crippen LogP) is 2.84. The van der Waals surface area contributed by atoms with E-state index in [2.05, 4.69) is 15.1 Å². The highest BCUT2D eigenvalue weighted by atomic mass is 16.2. The first kappa shape index (κ1) is 16.1. The first-order valence-electron chi connectivity index (χ1n) is 8.28. The second kappa shape index (κ2) is 6.78. The zero-order chi connectivity index (χ0) is 17.1. The van der Waals surface area contributed by atoms with Crippen LogP contribution in [0.1, 0.15) is 37.0 Å². The van der Waals surface area contributed by atoms with E-state index in [4.69, 9.17) is 0 Å². The normalized spacial score (nSPS) is 11.0. The van der Waals surface area contributed by atoms with Crippen molar-refractivity contribution in [3.05, 3.63) is 47.9 Å². The van der Waals surface area contributed by atoms with E-state index in [1.54, 1.807) is 15.6 Å². The quantitative estimate of drug-likeness (QED) is 0.724. The number of hydrogen-bond acceptors (Lipinski definition) is 4. The average molecular weight is 323 g/mol. The van der Waals surface area contributed by atoms with Gasteiger partial charge in [-0.15, -0.1) is 0 Å². The fraction of sp³-hybridized carbons (Fsp3) is 0.333. The minimum Gasteiger partial charge on any atom is -0.338 e. The molecule has 3 heterocycles. The molecule has 124 valence electrons. The molecule has 0 aromatic carbocycles. The van der Waals surface area contributed by atoms with E-state index < -0.39 is 0 Å². The summed E-state index contributed by atoms with van der Waals surface area (Å²) in [7, 11) is 0. The highest BCUT2D eigenvalue weighted by Crippen LogP contribution is 2.19. The Labute approximate surface area is 141 Å². The van der Waals surface area contributed by atoms with Gasteiger partial charge in [-0.25, -0.2) is 9.50 Å². The molecule has 0 saturated carbocycles. The summed E-state index contributed by atoms with van der Waals surface area (Å²) in [5, 5.41) is 4.61. The highest BCUT2D eigenvalue weighted by Gasteiger charge is 2.18. The minimum atomic E-state index is -0.0437. The minimum absolute atomic E-state index is 0.0437. The molecule has 0 N–H and O–H groups in total. The number of fused-ring (bicyclic) bond motifs is 1. The lowest BCUT2D eigenvalue weighted by molar-refractivity contribution is 0.0767. The molecular weight excluding hydrogens is 302 g/mol. The lowest BCUT2D eigenvalue weighted by Crippen LogP contribution is -2.31. The van der Waals surface area contributed by atoms with E-state index in [1.165, 1.54) is 0 Å². The van der Waals surface area contributed by atoms with E-state index >= 15 is 0 Å². The molecule has 0 saturated heterocycles. The van der Waals surface area contributed by atoms with Crippen molar-refractivity contribution in [2.24, 2.45) is 0 Å². The van der Waals surface area contributed by atoms with Gasteiger partial charge < -0.3 is 4.90 Å². The number of carbonyl (C=O) groups is 1. The zero-order valence-electron chi connectivity index (χ0n) is 14.2. The maximum Gasteiger partial charge on any atom is 0.272 e. The Morgan fingerprint density at radius 3 is 2.54 bits per heavy atom. The SMILES string of the molecule is CCc1cc(C(=O)N(CC)CC)nc2cc(-c3ccccn3)nn12. The van der Waals surface area contributed by atoms with Crippen molar-refractivity contribution < 1.29 is 4.79 Å². The van der Waals surface area contributed by atoms with Crippen molar-refractivity contribution in [2.75, 3.05) is 13.1 Å². The van der Waals surface area contributed by atoms with Crippen LogP contribution in [0.4, 0.5) is 0 Å². The van der Waals surface area contributed by atoms with Gasteiger partial charge in [-0.2, -0.15) is 5.10 Å². The monoisotopic (exact) mass is 323 g/mol. The third kappa shape index (κ3) is 2.87. The lowest BCUT2D eigenvalue weighted by atomic mass is 10.2. The van der Waals surface area contributed by atoms with Gasteiger partial charge in [0.15, 0.2) is 5.65 Å². The molecule has 6 nitrogen and oxygen atoms in total. The summed E-state index contributed by atoms with van der Waals surface area (Å²) < 4.78 is 1.79. The Hall–Kier alpha value is -2.76. The van der Waals surface area contributed by atoms with Crippen LogP contribution in [0.3, 0.4) is 0 Å². The van der Waals surface area contributed by atoms with E-state index in [9.17, 15) is 4.79 Å². The number of hydrogen-bond donors (Lipinski definition) is 0. The number of pyridine rings is 1. The molecule has 0 atom stereocenters. The van der Waals surface area contributed by atoms with Crippen LogP contribution in [0.15, 0.2) is 36.5 Å². The molecule has 1 amide bonds. The largest absolute Gasteiger partial charge is 0.338 e. The third-order valence-electron chi connectivity index (χ3n) is 4.06. The molecule has 3 rings (SSSR count). The van der Waals surface area contributed by atoms with Crippen molar-refractivity contribution in [2.45, 2.75) is 27.2 Å². The fourth-order valence-electron chi connectivity index (χ4n) is 2.71. The van der Waals surface area contributed by atoms with Crippen molar-refractivity contribution >= 4 is 11.6 Å². The number of nitrogens with zero attached hydrogens (tertiary/aromatic N) is 5. The van der Waals surface area contributed by atoms with Crippen LogP contribution < -0.4 is 0 Å².